The van der Waals surface area contributed by atoms with Gasteiger partial charge in [-0.2, -0.15) is 0 Å². The third-order valence-electron chi connectivity index (χ3n) is 5.80. The first-order valence-electron chi connectivity index (χ1n) is 12.3. The Bertz CT molecular complexity index is 1200. The molecule has 2 aromatic rings. The number of nitrogens with zero attached hydrogens (tertiary/aromatic N) is 2. The van der Waals surface area contributed by atoms with Crippen molar-refractivity contribution in [3.8, 4) is 0 Å². The lowest BCUT2D eigenvalue weighted by atomic mass is 10.1. The van der Waals surface area contributed by atoms with Crippen LogP contribution in [0.3, 0.4) is 0 Å². The molecule has 0 aromatic heterocycles. The van der Waals surface area contributed by atoms with Crippen molar-refractivity contribution in [3.63, 3.8) is 0 Å². The number of carbonyl (C=O) groups is 2. The molecule has 204 valence electrons. The fourth-order valence-corrected chi connectivity index (χ4v) is 5.50. The topological polar surface area (TPSA) is 86.8 Å². The largest absolute Gasteiger partial charge is 0.352 e. The molecular formula is C27H37Cl2N3O4S. The zero-order chi connectivity index (χ0) is 27.9. The maximum atomic E-state index is 13.5. The molecule has 2 amide bonds. The molecule has 0 saturated carbocycles. The van der Waals surface area contributed by atoms with E-state index in [9.17, 15) is 18.0 Å². The number of hydrogen-bond donors (Lipinski definition) is 1. The molecule has 0 aliphatic heterocycles. The molecule has 7 nitrogen and oxygen atoms in total. The summed E-state index contributed by atoms with van der Waals surface area (Å²) in [5.41, 5.74) is 3.22. The number of halogens is 2. The van der Waals surface area contributed by atoms with E-state index in [2.05, 4.69) is 5.32 Å². The van der Waals surface area contributed by atoms with E-state index >= 15 is 0 Å². The summed E-state index contributed by atoms with van der Waals surface area (Å²) in [4.78, 5) is 28.0. The minimum atomic E-state index is -3.56. The van der Waals surface area contributed by atoms with E-state index in [-0.39, 0.29) is 37.4 Å². The molecule has 0 radical (unpaired) electrons. The van der Waals surface area contributed by atoms with E-state index < -0.39 is 16.1 Å². The molecular weight excluding hydrogens is 533 g/mol. The first-order chi connectivity index (χ1) is 17.2. The van der Waals surface area contributed by atoms with Gasteiger partial charge in [-0.05, 0) is 81.5 Å². The predicted octanol–water partition coefficient (Wildman–Crippen LogP) is 5.49. The highest BCUT2D eigenvalue weighted by Gasteiger charge is 2.29. The molecule has 1 N–H and O–H groups in total. The van der Waals surface area contributed by atoms with Crippen molar-refractivity contribution >= 4 is 50.7 Å². The number of hydrogen-bond acceptors (Lipinski definition) is 4. The van der Waals surface area contributed by atoms with Crippen molar-refractivity contribution < 1.29 is 18.0 Å². The van der Waals surface area contributed by atoms with Crippen LogP contribution in [0.15, 0.2) is 36.4 Å². The van der Waals surface area contributed by atoms with Crippen LogP contribution in [0, 0.1) is 13.8 Å². The Morgan fingerprint density at radius 2 is 1.62 bits per heavy atom. The number of rotatable bonds is 12. The van der Waals surface area contributed by atoms with Gasteiger partial charge >= 0.3 is 0 Å². The molecule has 10 heteroatoms. The maximum absolute atomic E-state index is 13.5. The van der Waals surface area contributed by atoms with Crippen molar-refractivity contribution in [2.24, 2.45) is 0 Å². The van der Waals surface area contributed by atoms with Gasteiger partial charge in [0, 0.05) is 25.6 Å². The summed E-state index contributed by atoms with van der Waals surface area (Å²) in [7, 11) is -3.56. The van der Waals surface area contributed by atoms with Crippen LogP contribution in [0.2, 0.25) is 10.0 Å². The molecule has 0 saturated heterocycles. The van der Waals surface area contributed by atoms with E-state index in [4.69, 9.17) is 23.2 Å². The Balaban J connectivity index is 2.27. The Morgan fingerprint density at radius 3 is 2.14 bits per heavy atom. The zero-order valence-corrected chi connectivity index (χ0v) is 24.7. The number of sulfonamides is 1. The highest BCUT2D eigenvalue weighted by molar-refractivity contribution is 7.92. The van der Waals surface area contributed by atoms with Gasteiger partial charge in [-0.25, -0.2) is 8.42 Å². The second-order valence-corrected chi connectivity index (χ2v) is 12.4. The highest BCUT2D eigenvalue weighted by Crippen LogP contribution is 2.25. The SMILES string of the molecule is CC[C@@H](C(=O)NC(C)C)N(Cc1ccc(Cl)c(Cl)c1)C(=O)CCCN(c1cc(C)cc(C)c1)S(C)(=O)=O. The summed E-state index contributed by atoms with van der Waals surface area (Å²) in [6, 6.07) is 9.95. The minimum Gasteiger partial charge on any atom is -0.352 e. The standard InChI is InChI=1S/C27H37Cl2N3O4S/c1-7-25(27(34)30-18(2)3)31(17-21-10-11-23(28)24(29)16-21)26(33)9-8-12-32(37(6,35)36)22-14-19(4)13-20(5)15-22/h10-11,13-16,18,25H,7-9,12,17H2,1-6H3,(H,30,34)/t25-/m0/s1. The number of aryl methyl sites for hydroxylation is 2. The van der Waals surface area contributed by atoms with E-state index in [0.717, 1.165) is 22.9 Å². The van der Waals surface area contributed by atoms with Gasteiger partial charge in [-0.15, -0.1) is 0 Å². The van der Waals surface area contributed by atoms with Crippen LogP contribution in [0.1, 0.15) is 56.7 Å². The molecule has 0 spiro atoms. The van der Waals surface area contributed by atoms with Gasteiger partial charge in [-0.1, -0.05) is 42.3 Å². The number of amides is 2. The lowest BCUT2D eigenvalue weighted by Crippen LogP contribution is -2.50. The average Bonchev–Trinajstić information content (AvgIpc) is 2.76. The normalized spacial score (nSPS) is 12.4. The average molecular weight is 571 g/mol. The third-order valence-corrected chi connectivity index (χ3v) is 7.73. The van der Waals surface area contributed by atoms with Crippen molar-refractivity contribution in [2.45, 2.75) is 72.5 Å². The lowest BCUT2D eigenvalue weighted by Gasteiger charge is -2.31. The van der Waals surface area contributed by atoms with Crippen molar-refractivity contribution in [1.29, 1.82) is 0 Å². The Hall–Kier alpha value is -2.29. The molecule has 0 heterocycles. The second-order valence-electron chi connectivity index (χ2n) is 9.64. The molecule has 37 heavy (non-hydrogen) atoms. The summed E-state index contributed by atoms with van der Waals surface area (Å²) in [5, 5.41) is 3.66. The van der Waals surface area contributed by atoms with Gasteiger partial charge in [0.1, 0.15) is 6.04 Å². The monoisotopic (exact) mass is 569 g/mol. The van der Waals surface area contributed by atoms with E-state index in [0.29, 0.717) is 28.6 Å². The van der Waals surface area contributed by atoms with E-state index in [1.165, 1.54) is 4.31 Å². The zero-order valence-electron chi connectivity index (χ0n) is 22.3. The summed E-state index contributed by atoms with van der Waals surface area (Å²) in [6.07, 6.45) is 1.94. The predicted molar refractivity (Wildman–Crippen MR) is 152 cm³/mol. The van der Waals surface area contributed by atoms with Crippen LogP contribution in [0.25, 0.3) is 0 Å². The Morgan fingerprint density at radius 1 is 1.00 bits per heavy atom. The minimum absolute atomic E-state index is 0.0730. The van der Waals surface area contributed by atoms with Gasteiger partial charge in [0.2, 0.25) is 21.8 Å². The number of anilines is 1. The van der Waals surface area contributed by atoms with Crippen molar-refractivity contribution in [1.82, 2.24) is 10.2 Å². The van der Waals surface area contributed by atoms with Crippen LogP contribution >= 0.6 is 23.2 Å². The van der Waals surface area contributed by atoms with Crippen LogP contribution in [-0.2, 0) is 26.2 Å². The van der Waals surface area contributed by atoms with Gasteiger partial charge in [0.15, 0.2) is 0 Å². The Labute approximate surface area is 231 Å². The molecule has 0 bridgehead atoms. The maximum Gasteiger partial charge on any atom is 0.243 e. The molecule has 2 aromatic carbocycles. The molecule has 0 fully saturated rings. The van der Waals surface area contributed by atoms with Crippen LogP contribution in [0.5, 0.6) is 0 Å². The molecule has 2 rings (SSSR count). The number of nitrogens with one attached hydrogen (secondary N) is 1. The first kappa shape index (κ1) is 30.9. The molecule has 1 atom stereocenters. The summed E-state index contributed by atoms with van der Waals surface area (Å²) >= 11 is 12.2. The third kappa shape index (κ3) is 9.20. The van der Waals surface area contributed by atoms with Gasteiger partial charge in [0.25, 0.3) is 0 Å². The number of carbonyl (C=O) groups excluding carboxylic acids is 2. The first-order valence-corrected chi connectivity index (χ1v) is 14.9. The summed E-state index contributed by atoms with van der Waals surface area (Å²) in [5.74, 6) is -0.482. The van der Waals surface area contributed by atoms with Gasteiger partial charge in [0.05, 0.1) is 22.0 Å². The summed E-state index contributed by atoms with van der Waals surface area (Å²) in [6.45, 7) is 9.72. The van der Waals surface area contributed by atoms with Crippen LogP contribution in [0.4, 0.5) is 5.69 Å². The quantitative estimate of drug-likeness (QED) is 0.366. The van der Waals surface area contributed by atoms with Crippen LogP contribution < -0.4 is 9.62 Å². The fraction of sp³-hybridized carbons (Fsp3) is 0.481. The van der Waals surface area contributed by atoms with Crippen molar-refractivity contribution in [3.05, 3.63) is 63.1 Å². The smallest absolute Gasteiger partial charge is 0.243 e. The summed E-state index contributed by atoms with van der Waals surface area (Å²) < 4.78 is 26.5. The van der Waals surface area contributed by atoms with E-state index in [1.807, 2.05) is 52.8 Å². The molecule has 0 aliphatic carbocycles. The second kappa shape index (κ2) is 13.5. The van der Waals surface area contributed by atoms with Crippen LogP contribution in [-0.4, -0.2) is 50.0 Å². The van der Waals surface area contributed by atoms with Crippen molar-refractivity contribution in [2.75, 3.05) is 17.1 Å². The molecule has 0 aliphatic rings. The molecule has 0 unspecified atom stereocenters. The Kier molecular flexibility index (Phi) is 11.3. The lowest BCUT2D eigenvalue weighted by molar-refractivity contribution is -0.141. The fourth-order valence-electron chi connectivity index (χ4n) is 4.23. The number of benzene rings is 2. The van der Waals surface area contributed by atoms with Gasteiger partial charge in [-0.3, -0.25) is 13.9 Å². The highest BCUT2D eigenvalue weighted by atomic mass is 35.5. The van der Waals surface area contributed by atoms with E-state index in [1.54, 1.807) is 23.1 Å². The van der Waals surface area contributed by atoms with Gasteiger partial charge < -0.3 is 10.2 Å².